The van der Waals surface area contributed by atoms with Gasteiger partial charge in [0.25, 0.3) is 5.91 Å². The highest BCUT2D eigenvalue weighted by molar-refractivity contribution is 6.11. The van der Waals surface area contributed by atoms with Crippen molar-refractivity contribution in [1.29, 1.82) is 5.26 Å². The second kappa shape index (κ2) is 6.35. The number of nitrogens with zero attached hydrogens (tertiary/aromatic N) is 2. The number of para-hydroxylation sites is 1. The summed E-state index contributed by atoms with van der Waals surface area (Å²) in [5.74, 6) is -0.171. The fourth-order valence-electron chi connectivity index (χ4n) is 4.47. The molecule has 140 valence electrons. The van der Waals surface area contributed by atoms with Crippen molar-refractivity contribution >= 4 is 33.8 Å². The van der Waals surface area contributed by atoms with Crippen molar-refractivity contribution in [1.82, 2.24) is 9.88 Å². The van der Waals surface area contributed by atoms with Crippen LogP contribution in [0.25, 0.3) is 27.9 Å². The van der Waals surface area contributed by atoms with Gasteiger partial charge in [0.1, 0.15) is 6.04 Å². The molecular formula is C25H19N3O. The average Bonchev–Trinajstić information content (AvgIpc) is 3.16. The van der Waals surface area contributed by atoms with E-state index in [-0.39, 0.29) is 5.91 Å². The second-order valence-corrected chi connectivity index (χ2v) is 7.42. The Hall–Kier alpha value is -3.84. The zero-order valence-corrected chi connectivity index (χ0v) is 16.2. The number of rotatable bonds is 1. The molecular weight excluding hydrogens is 358 g/mol. The molecule has 3 aromatic carbocycles. The van der Waals surface area contributed by atoms with E-state index < -0.39 is 6.04 Å². The molecule has 1 unspecified atom stereocenters. The Labute approximate surface area is 168 Å². The first-order valence-electron chi connectivity index (χ1n) is 9.61. The highest BCUT2D eigenvalue weighted by Crippen LogP contribution is 2.42. The average molecular weight is 377 g/mol. The molecule has 5 rings (SSSR count). The van der Waals surface area contributed by atoms with Crippen molar-refractivity contribution in [3.63, 3.8) is 0 Å². The van der Waals surface area contributed by atoms with E-state index in [1.807, 2.05) is 36.4 Å². The molecule has 1 aliphatic heterocycles. The van der Waals surface area contributed by atoms with E-state index >= 15 is 0 Å². The van der Waals surface area contributed by atoms with Gasteiger partial charge < -0.3 is 4.98 Å². The van der Waals surface area contributed by atoms with Gasteiger partial charge in [-0.1, -0.05) is 36.4 Å². The number of fused-ring (bicyclic) bond motifs is 4. The fourth-order valence-corrected chi connectivity index (χ4v) is 4.47. The normalized spacial score (nSPS) is 15.5. The number of nitrogens with one attached hydrogen (secondary N) is 1. The molecule has 1 amide bonds. The minimum Gasteiger partial charge on any atom is -0.354 e. The molecule has 1 aromatic heterocycles. The zero-order valence-electron chi connectivity index (χ0n) is 16.2. The summed E-state index contributed by atoms with van der Waals surface area (Å²) in [6, 6.07) is 19.0. The lowest BCUT2D eigenvalue weighted by Crippen LogP contribution is -2.32. The highest BCUT2D eigenvalue weighted by atomic mass is 16.2. The highest BCUT2D eigenvalue weighted by Gasteiger charge is 2.32. The molecule has 1 aliphatic rings. The summed E-state index contributed by atoms with van der Waals surface area (Å²) in [6.07, 6.45) is 3.70. The van der Waals surface area contributed by atoms with Gasteiger partial charge >= 0.3 is 0 Å². The van der Waals surface area contributed by atoms with Gasteiger partial charge in [-0.2, -0.15) is 5.26 Å². The van der Waals surface area contributed by atoms with Crippen molar-refractivity contribution in [2.45, 2.75) is 19.9 Å². The predicted molar refractivity (Wildman–Crippen MR) is 115 cm³/mol. The molecule has 4 heteroatoms. The maximum absolute atomic E-state index is 13.1. The third kappa shape index (κ3) is 2.41. The first-order chi connectivity index (χ1) is 14.1. The molecule has 0 aliphatic carbocycles. The quantitative estimate of drug-likeness (QED) is 0.467. The van der Waals surface area contributed by atoms with E-state index in [4.69, 9.17) is 0 Å². The minimum absolute atomic E-state index is 0.171. The van der Waals surface area contributed by atoms with Crippen molar-refractivity contribution in [2.24, 2.45) is 0 Å². The van der Waals surface area contributed by atoms with Crippen LogP contribution in [0.3, 0.4) is 0 Å². The van der Waals surface area contributed by atoms with Crippen LogP contribution >= 0.6 is 0 Å². The Morgan fingerprint density at radius 3 is 2.52 bits per heavy atom. The van der Waals surface area contributed by atoms with Crippen LogP contribution in [0.5, 0.6) is 0 Å². The molecule has 0 saturated heterocycles. The number of carbonyl (C=O) groups is 1. The molecule has 4 nitrogen and oxygen atoms in total. The summed E-state index contributed by atoms with van der Waals surface area (Å²) in [5, 5.41) is 12.3. The van der Waals surface area contributed by atoms with Crippen LogP contribution in [0.4, 0.5) is 0 Å². The molecule has 1 atom stereocenters. The molecule has 1 N–H and O–H groups in total. The summed E-state index contributed by atoms with van der Waals surface area (Å²) in [7, 11) is 0. The summed E-state index contributed by atoms with van der Waals surface area (Å²) in [4.78, 5) is 18.2. The van der Waals surface area contributed by atoms with Crippen LogP contribution in [0.2, 0.25) is 0 Å². The van der Waals surface area contributed by atoms with Gasteiger partial charge in [-0.3, -0.25) is 9.69 Å². The monoisotopic (exact) mass is 377 g/mol. The maximum atomic E-state index is 13.1. The van der Waals surface area contributed by atoms with Crippen LogP contribution in [-0.2, 0) is 0 Å². The Kier molecular flexibility index (Phi) is 3.78. The van der Waals surface area contributed by atoms with Crippen LogP contribution in [0, 0.1) is 25.2 Å². The number of amides is 1. The standard InChI is InChI=1S/C25H19N3O/c1-15-18-12-13-28(25(29)17-8-4-3-5-9-17)21(14-26)22(18)16(2)23-19-10-6-7-11-20(19)27-24(15)23/h3-13,21,27H,1-2H3. The van der Waals surface area contributed by atoms with E-state index in [1.165, 1.54) is 0 Å². The summed E-state index contributed by atoms with van der Waals surface area (Å²) in [6.45, 7) is 4.12. The first kappa shape index (κ1) is 17.3. The lowest BCUT2D eigenvalue weighted by molar-refractivity contribution is 0.0794. The van der Waals surface area contributed by atoms with Gasteiger partial charge in [-0.25, -0.2) is 0 Å². The lowest BCUT2D eigenvalue weighted by atomic mass is 9.86. The van der Waals surface area contributed by atoms with Crippen LogP contribution in [0.15, 0.2) is 60.8 Å². The van der Waals surface area contributed by atoms with Crippen LogP contribution in [0.1, 0.15) is 38.7 Å². The summed E-state index contributed by atoms with van der Waals surface area (Å²) in [5.41, 5.74) is 6.81. The molecule has 0 spiro atoms. The number of carbonyl (C=O) groups excluding carboxylic acids is 1. The van der Waals surface area contributed by atoms with E-state index in [9.17, 15) is 10.1 Å². The molecule has 0 saturated carbocycles. The lowest BCUT2D eigenvalue weighted by Gasteiger charge is -2.31. The Morgan fingerprint density at radius 2 is 1.76 bits per heavy atom. The van der Waals surface area contributed by atoms with Gasteiger partial charge in [0.2, 0.25) is 0 Å². The SMILES string of the molecule is Cc1c2c(c(C)c3c1[nH]c1ccccc13)C(C#N)N(C(=O)c1ccccc1)C=C2. The van der Waals surface area contributed by atoms with Crippen molar-refractivity contribution < 1.29 is 4.79 Å². The minimum atomic E-state index is -0.667. The van der Waals surface area contributed by atoms with E-state index in [1.54, 1.807) is 23.2 Å². The van der Waals surface area contributed by atoms with E-state index in [2.05, 4.69) is 37.0 Å². The van der Waals surface area contributed by atoms with Gasteiger partial charge in [0.15, 0.2) is 0 Å². The molecule has 2 heterocycles. The Bertz CT molecular complexity index is 1360. The predicted octanol–water partition coefficient (Wildman–Crippen LogP) is 5.63. The Morgan fingerprint density at radius 1 is 1.03 bits per heavy atom. The van der Waals surface area contributed by atoms with Crippen LogP contribution in [-0.4, -0.2) is 15.8 Å². The van der Waals surface area contributed by atoms with Crippen LogP contribution < -0.4 is 0 Å². The zero-order chi connectivity index (χ0) is 20.1. The summed E-state index contributed by atoms with van der Waals surface area (Å²) >= 11 is 0. The van der Waals surface area contributed by atoms with Crippen molar-refractivity contribution in [3.8, 4) is 6.07 Å². The smallest absolute Gasteiger partial charge is 0.259 e. The van der Waals surface area contributed by atoms with Crippen molar-refractivity contribution in [3.05, 3.63) is 88.6 Å². The van der Waals surface area contributed by atoms with Crippen molar-refractivity contribution in [2.75, 3.05) is 0 Å². The van der Waals surface area contributed by atoms with Gasteiger partial charge in [0, 0.05) is 33.6 Å². The number of hydrogen-bond donors (Lipinski definition) is 1. The molecule has 4 aromatic rings. The molecule has 0 fully saturated rings. The largest absolute Gasteiger partial charge is 0.354 e. The summed E-state index contributed by atoms with van der Waals surface area (Å²) < 4.78 is 0. The number of aromatic nitrogens is 1. The molecule has 0 radical (unpaired) electrons. The third-order valence-corrected chi connectivity index (χ3v) is 5.89. The Balaban J connectivity index is 1.76. The second-order valence-electron chi connectivity index (χ2n) is 7.42. The number of aromatic amines is 1. The topological polar surface area (TPSA) is 59.9 Å². The fraction of sp³-hybridized carbons (Fsp3) is 0.120. The maximum Gasteiger partial charge on any atom is 0.259 e. The van der Waals surface area contributed by atoms with E-state index in [0.29, 0.717) is 5.56 Å². The first-order valence-corrected chi connectivity index (χ1v) is 9.61. The number of benzene rings is 3. The molecule has 29 heavy (non-hydrogen) atoms. The van der Waals surface area contributed by atoms with Gasteiger partial charge in [0.05, 0.1) is 11.6 Å². The van der Waals surface area contributed by atoms with Gasteiger partial charge in [-0.15, -0.1) is 0 Å². The molecule has 0 bridgehead atoms. The number of hydrogen-bond acceptors (Lipinski definition) is 2. The number of aryl methyl sites for hydroxylation is 2. The van der Waals surface area contributed by atoms with Gasteiger partial charge in [-0.05, 0) is 54.8 Å². The third-order valence-electron chi connectivity index (χ3n) is 5.89. The van der Waals surface area contributed by atoms with E-state index in [0.717, 1.165) is 44.1 Å². The number of nitriles is 1. The number of H-pyrrole nitrogens is 1.